The fraction of sp³-hybridized carbons (Fsp3) is 0.273. The van der Waals surface area contributed by atoms with Crippen LogP contribution in [0.3, 0.4) is 0 Å². The van der Waals surface area contributed by atoms with Crippen LogP contribution in [0.5, 0.6) is 0 Å². The Morgan fingerprint density at radius 3 is 2.12 bits per heavy atom. The highest BCUT2D eigenvalue weighted by Gasteiger charge is 2.35. The Hall–Kier alpha value is -1.72. The van der Waals surface area contributed by atoms with Crippen molar-refractivity contribution in [3.05, 3.63) is 35.4 Å². The molecule has 0 aromatic heterocycles. The molecule has 5 nitrogen and oxygen atoms in total. The van der Waals surface area contributed by atoms with E-state index in [0.717, 1.165) is 4.90 Å². The molecule has 1 heterocycles. The second-order valence-electron chi connectivity index (χ2n) is 3.66. The maximum Gasteiger partial charge on any atom is 0.261 e. The molecule has 1 aromatic carbocycles. The minimum absolute atomic E-state index is 0.0212. The highest BCUT2D eigenvalue weighted by molar-refractivity contribution is 6.21. The van der Waals surface area contributed by atoms with Crippen LogP contribution in [0.15, 0.2) is 24.3 Å². The molecule has 0 aliphatic carbocycles. The normalized spacial score (nSPS) is 16.5. The molecule has 2 rings (SSSR count). The lowest BCUT2D eigenvalue weighted by Crippen LogP contribution is -2.39. The van der Waals surface area contributed by atoms with Crippen LogP contribution in [0.4, 0.5) is 0 Å². The van der Waals surface area contributed by atoms with E-state index in [1.807, 2.05) is 0 Å². The molecule has 1 aliphatic rings. The van der Waals surface area contributed by atoms with Crippen molar-refractivity contribution in [1.82, 2.24) is 4.90 Å². The van der Waals surface area contributed by atoms with Crippen molar-refractivity contribution in [1.29, 1.82) is 0 Å². The van der Waals surface area contributed by atoms with E-state index in [1.54, 1.807) is 24.3 Å². The van der Waals surface area contributed by atoms with Gasteiger partial charge in [0, 0.05) is 6.54 Å². The average Bonchev–Trinajstić information content (AvgIpc) is 2.55. The predicted octanol–water partition coefficient (Wildman–Crippen LogP) is -0.398. The average molecular weight is 220 g/mol. The Bertz CT molecular complexity index is 410. The Kier molecular flexibility index (Phi) is 2.72. The summed E-state index contributed by atoms with van der Waals surface area (Å²) < 4.78 is 0. The van der Waals surface area contributed by atoms with Gasteiger partial charge in [0.1, 0.15) is 0 Å². The maximum absolute atomic E-state index is 11.8. The van der Waals surface area contributed by atoms with Crippen LogP contribution in [-0.2, 0) is 0 Å². The van der Waals surface area contributed by atoms with Gasteiger partial charge in [-0.2, -0.15) is 0 Å². The van der Waals surface area contributed by atoms with E-state index in [9.17, 15) is 14.7 Å². The smallest absolute Gasteiger partial charge is 0.261 e. The summed E-state index contributed by atoms with van der Waals surface area (Å²) in [6, 6.07) is 6.61. The number of fused-ring (bicyclic) bond motifs is 1. The molecule has 3 N–H and O–H groups in total. The largest absolute Gasteiger partial charge is 0.390 e. The molecule has 0 radical (unpaired) electrons. The summed E-state index contributed by atoms with van der Waals surface area (Å²) >= 11 is 0. The van der Waals surface area contributed by atoms with E-state index in [4.69, 9.17) is 5.73 Å². The summed E-state index contributed by atoms with van der Waals surface area (Å²) in [6.07, 6.45) is -0.873. The van der Waals surface area contributed by atoms with Crippen LogP contribution in [0, 0.1) is 0 Å². The number of carbonyl (C=O) groups excluding carboxylic acids is 2. The maximum atomic E-state index is 11.8. The minimum Gasteiger partial charge on any atom is -0.390 e. The van der Waals surface area contributed by atoms with Crippen molar-refractivity contribution >= 4 is 11.8 Å². The van der Waals surface area contributed by atoms with Gasteiger partial charge in [-0.15, -0.1) is 0 Å². The van der Waals surface area contributed by atoms with Crippen LogP contribution in [-0.4, -0.2) is 41.0 Å². The van der Waals surface area contributed by atoms with Crippen LogP contribution >= 0.6 is 0 Å². The van der Waals surface area contributed by atoms with E-state index < -0.39 is 6.10 Å². The van der Waals surface area contributed by atoms with Crippen LogP contribution in [0.2, 0.25) is 0 Å². The van der Waals surface area contributed by atoms with Crippen molar-refractivity contribution in [2.75, 3.05) is 13.1 Å². The fourth-order valence-corrected chi connectivity index (χ4v) is 1.69. The van der Waals surface area contributed by atoms with Crippen molar-refractivity contribution in [2.45, 2.75) is 6.10 Å². The first-order chi connectivity index (χ1) is 7.65. The second-order valence-corrected chi connectivity index (χ2v) is 3.66. The lowest BCUT2D eigenvalue weighted by Gasteiger charge is -2.16. The zero-order chi connectivity index (χ0) is 11.7. The zero-order valence-corrected chi connectivity index (χ0v) is 8.59. The number of aliphatic hydroxyl groups excluding tert-OH is 1. The highest BCUT2D eigenvalue weighted by Crippen LogP contribution is 2.22. The second kappa shape index (κ2) is 4.03. The standard InChI is InChI=1S/C11H12N2O3/c12-5-7(14)6-13-10(15)8-3-1-2-4-9(8)11(13)16/h1-4,7,14H,5-6,12H2. The third kappa shape index (κ3) is 1.60. The van der Waals surface area contributed by atoms with Gasteiger partial charge in [0.05, 0.1) is 23.8 Å². The van der Waals surface area contributed by atoms with Gasteiger partial charge in [-0.25, -0.2) is 0 Å². The van der Waals surface area contributed by atoms with E-state index >= 15 is 0 Å². The van der Waals surface area contributed by atoms with Crippen LogP contribution < -0.4 is 5.73 Å². The Balaban J connectivity index is 2.28. The number of imide groups is 1. The SMILES string of the molecule is NCC(O)CN1C(=O)c2ccccc2C1=O. The number of hydrogen-bond acceptors (Lipinski definition) is 4. The van der Waals surface area contributed by atoms with Crippen LogP contribution in [0.1, 0.15) is 20.7 Å². The molecule has 0 spiro atoms. The summed E-state index contributed by atoms with van der Waals surface area (Å²) in [5.41, 5.74) is 6.02. The number of hydrogen-bond donors (Lipinski definition) is 2. The van der Waals surface area contributed by atoms with Crippen molar-refractivity contribution < 1.29 is 14.7 Å². The van der Waals surface area contributed by atoms with Gasteiger partial charge in [-0.3, -0.25) is 14.5 Å². The number of benzene rings is 1. The molecular formula is C11H12N2O3. The van der Waals surface area contributed by atoms with E-state index in [0.29, 0.717) is 11.1 Å². The number of aliphatic hydroxyl groups is 1. The monoisotopic (exact) mass is 220 g/mol. The molecule has 0 saturated carbocycles. The van der Waals surface area contributed by atoms with Crippen LogP contribution in [0.25, 0.3) is 0 Å². The molecule has 1 unspecified atom stereocenters. The Morgan fingerprint density at radius 1 is 1.19 bits per heavy atom. The first-order valence-electron chi connectivity index (χ1n) is 4.98. The summed E-state index contributed by atoms with van der Waals surface area (Å²) in [6.45, 7) is -0.0315. The van der Waals surface area contributed by atoms with Gasteiger partial charge >= 0.3 is 0 Å². The number of β-amino-alcohol motifs (C(OH)–C–C–N with tert-alkyl or cyclic N) is 1. The molecule has 84 valence electrons. The lowest BCUT2D eigenvalue weighted by atomic mass is 10.1. The van der Waals surface area contributed by atoms with E-state index in [1.165, 1.54) is 0 Å². The third-order valence-corrected chi connectivity index (χ3v) is 2.54. The number of carbonyl (C=O) groups is 2. The molecule has 1 aliphatic heterocycles. The first-order valence-corrected chi connectivity index (χ1v) is 4.98. The molecule has 0 fully saturated rings. The molecule has 16 heavy (non-hydrogen) atoms. The quantitative estimate of drug-likeness (QED) is 0.679. The van der Waals surface area contributed by atoms with E-state index in [2.05, 4.69) is 0 Å². The van der Waals surface area contributed by atoms with Gasteiger partial charge in [0.25, 0.3) is 11.8 Å². The van der Waals surface area contributed by atoms with Crippen molar-refractivity contribution in [3.8, 4) is 0 Å². The van der Waals surface area contributed by atoms with E-state index in [-0.39, 0.29) is 24.9 Å². The highest BCUT2D eigenvalue weighted by atomic mass is 16.3. The van der Waals surface area contributed by atoms with Gasteiger partial charge in [0.15, 0.2) is 0 Å². The summed E-state index contributed by atoms with van der Waals surface area (Å²) in [7, 11) is 0. The molecule has 0 saturated heterocycles. The number of rotatable bonds is 3. The zero-order valence-electron chi connectivity index (χ0n) is 8.59. The summed E-state index contributed by atoms with van der Waals surface area (Å²) in [5, 5.41) is 9.36. The fourth-order valence-electron chi connectivity index (χ4n) is 1.69. The first kappa shape index (κ1) is 10.8. The van der Waals surface area contributed by atoms with Crippen molar-refractivity contribution in [3.63, 3.8) is 0 Å². The number of amides is 2. The number of nitrogens with zero attached hydrogens (tertiary/aromatic N) is 1. The minimum atomic E-state index is -0.873. The van der Waals surface area contributed by atoms with Gasteiger partial charge < -0.3 is 10.8 Å². The Morgan fingerprint density at radius 2 is 1.69 bits per heavy atom. The Labute approximate surface area is 92.5 Å². The molecule has 1 atom stereocenters. The molecule has 2 amide bonds. The molecular weight excluding hydrogens is 208 g/mol. The van der Waals surface area contributed by atoms with Gasteiger partial charge in [0.2, 0.25) is 0 Å². The molecule has 1 aromatic rings. The van der Waals surface area contributed by atoms with Gasteiger partial charge in [-0.05, 0) is 12.1 Å². The lowest BCUT2D eigenvalue weighted by molar-refractivity contribution is 0.0554. The molecule has 0 bridgehead atoms. The molecule has 5 heteroatoms. The topological polar surface area (TPSA) is 83.6 Å². The van der Waals surface area contributed by atoms with Crippen molar-refractivity contribution in [2.24, 2.45) is 5.73 Å². The summed E-state index contributed by atoms with van der Waals surface area (Å²) in [5.74, 6) is -0.735. The predicted molar refractivity (Wildman–Crippen MR) is 56.9 cm³/mol. The number of nitrogens with two attached hydrogens (primary N) is 1. The summed E-state index contributed by atoms with van der Waals surface area (Å²) in [4.78, 5) is 24.7. The third-order valence-electron chi connectivity index (χ3n) is 2.54. The van der Waals surface area contributed by atoms with Gasteiger partial charge in [-0.1, -0.05) is 12.1 Å².